The van der Waals surface area contributed by atoms with Gasteiger partial charge < -0.3 is 4.42 Å². The van der Waals surface area contributed by atoms with E-state index in [1.165, 1.54) is 7.11 Å². The molecule has 2 aromatic rings. The normalized spacial score (nSPS) is 10.5. The van der Waals surface area contributed by atoms with Crippen LogP contribution in [0.25, 0.3) is 11.5 Å². The molecule has 1 aromatic heterocycles. The van der Waals surface area contributed by atoms with Gasteiger partial charge in [-0.15, -0.1) is 0 Å². The SMILES string of the molecule is CONC(=O)Cc1nc(-c2ccccc2Cl)oc1C. The number of carbonyl (C=O) groups excluding carboxylic acids is 1. The lowest BCUT2D eigenvalue weighted by atomic mass is 10.2. The molecule has 0 aliphatic rings. The Balaban J connectivity index is 2.26. The van der Waals surface area contributed by atoms with Crippen molar-refractivity contribution in [3.8, 4) is 11.5 Å². The van der Waals surface area contributed by atoms with E-state index in [2.05, 4.69) is 15.3 Å². The van der Waals surface area contributed by atoms with Gasteiger partial charge in [-0.25, -0.2) is 10.5 Å². The van der Waals surface area contributed by atoms with E-state index in [9.17, 15) is 4.79 Å². The molecule has 6 heteroatoms. The Bertz CT molecular complexity index is 595. The maximum atomic E-state index is 11.4. The molecule has 0 saturated carbocycles. The molecule has 1 N–H and O–H groups in total. The summed E-state index contributed by atoms with van der Waals surface area (Å²) in [6, 6.07) is 7.24. The van der Waals surface area contributed by atoms with Crippen molar-refractivity contribution < 1.29 is 14.0 Å². The third-order valence-electron chi connectivity index (χ3n) is 2.54. The Morgan fingerprint density at radius 3 is 2.89 bits per heavy atom. The molecular weight excluding hydrogens is 268 g/mol. The van der Waals surface area contributed by atoms with Crippen molar-refractivity contribution in [1.82, 2.24) is 10.5 Å². The van der Waals surface area contributed by atoms with E-state index in [4.69, 9.17) is 16.0 Å². The van der Waals surface area contributed by atoms with Crippen LogP contribution in [0.5, 0.6) is 0 Å². The van der Waals surface area contributed by atoms with Gasteiger partial charge in [0.1, 0.15) is 5.76 Å². The summed E-state index contributed by atoms with van der Waals surface area (Å²) in [5.41, 5.74) is 3.49. The molecule has 0 unspecified atom stereocenters. The zero-order chi connectivity index (χ0) is 13.8. The van der Waals surface area contributed by atoms with Gasteiger partial charge in [0.05, 0.1) is 29.8 Å². The first kappa shape index (κ1) is 13.6. The number of halogens is 1. The zero-order valence-corrected chi connectivity index (χ0v) is 11.3. The van der Waals surface area contributed by atoms with Gasteiger partial charge in [-0.1, -0.05) is 23.7 Å². The minimum atomic E-state index is -0.287. The third kappa shape index (κ3) is 3.13. The first-order valence-electron chi connectivity index (χ1n) is 5.65. The minimum absolute atomic E-state index is 0.0909. The number of oxazole rings is 1. The highest BCUT2D eigenvalue weighted by Gasteiger charge is 2.16. The lowest BCUT2D eigenvalue weighted by molar-refractivity contribution is -0.130. The highest BCUT2D eigenvalue weighted by molar-refractivity contribution is 6.33. The number of hydroxylamine groups is 1. The van der Waals surface area contributed by atoms with Crippen LogP contribution < -0.4 is 5.48 Å². The predicted molar refractivity (Wildman–Crippen MR) is 70.5 cm³/mol. The standard InChI is InChI=1S/C13H13ClN2O3/c1-8-11(7-12(17)16-18-2)15-13(19-8)9-5-3-4-6-10(9)14/h3-6H,7H2,1-2H3,(H,16,17). The number of hydrogen-bond acceptors (Lipinski definition) is 4. The summed E-state index contributed by atoms with van der Waals surface area (Å²) in [5.74, 6) is 0.703. The topological polar surface area (TPSA) is 64.4 Å². The van der Waals surface area contributed by atoms with Gasteiger partial charge in [0.15, 0.2) is 0 Å². The fourth-order valence-electron chi connectivity index (χ4n) is 1.64. The molecule has 0 spiro atoms. The molecule has 1 aromatic carbocycles. The average Bonchev–Trinajstić information content (AvgIpc) is 2.71. The van der Waals surface area contributed by atoms with Crippen LogP contribution in [-0.2, 0) is 16.1 Å². The number of hydrogen-bond donors (Lipinski definition) is 1. The summed E-state index contributed by atoms with van der Waals surface area (Å²) < 4.78 is 5.54. The van der Waals surface area contributed by atoms with Gasteiger partial charge in [-0.05, 0) is 19.1 Å². The van der Waals surface area contributed by atoms with Crippen LogP contribution in [0.3, 0.4) is 0 Å². The van der Waals surface area contributed by atoms with Gasteiger partial charge in [-0.2, -0.15) is 0 Å². The minimum Gasteiger partial charge on any atom is -0.441 e. The van der Waals surface area contributed by atoms with Crippen LogP contribution in [0.4, 0.5) is 0 Å². The van der Waals surface area contributed by atoms with E-state index in [-0.39, 0.29) is 12.3 Å². The smallest absolute Gasteiger partial charge is 0.249 e. The highest BCUT2D eigenvalue weighted by Crippen LogP contribution is 2.28. The summed E-state index contributed by atoms with van der Waals surface area (Å²) >= 11 is 6.08. The Hall–Kier alpha value is -1.85. The molecule has 0 saturated heterocycles. The van der Waals surface area contributed by atoms with Gasteiger partial charge in [0.2, 0.25) is 11.8 Å². The second-order valence-electron chi connectivity index (χ2n) is 3.91. The van der Waals surface area contributed by atoms with Crippen molar-refractivity contribution in [2.24, 2.45) is 0 Å². The van der Waals surface area contributed by atoms with Gasteiger partial charge >= 0.3 is 0 Å². The monoisotopic (exact) mass is 280 g/mol. The number of benzene rings is 1. The Morgan fingerprint density at radius 2 is 2.21 bits per heavy atom. The fraction of sp³-hybridized carbons (Fsp3) is 0.231. The van der Waals surface area contributed by atoms with Crippen LogP contribution in [0.2, 0.25) is 5.02 Å². The summed E-state index contributed by atoms with van der Waals surface area (Å²) in [7, 11) is 1.38. The Morgan fingerprint density at radius 1 is 1.47 bits per heavy atom. The van der Waals surface area contributed by atoms with Crippen LogP contribution >= 0.6 is 11.6 Å². The Kier molecular flexibility index (Phi) is 4.19. The molecular formula is C13H13ClN2O3. The van der Waals surface area contributed by atoms with Gasteiger partial charge in [0.25, 0.3) is 0 Å². The summed E-state index contributed by atoms with van der Waals surface area (Å²) in [5, 5.41) is 0.552. The number of nitrogens with zero attached hydrogens (tertiary/aromatic N) is 1. The molecule has 0 radical (unpaired) electrons. The van der Waals surface area contributed by atoms with E-state index in [1.807, 2.05) is 18.2 Å². The number of amides is 1. The predicted octanol–water partition coefficient (Wildman–Crippen LogP) is 2.52. The summed E-state index contributed by atoms with van der Waals surface area (Å²) in [6.45, 7) is 1.75. The lowest BCUT2D eigenvalue weighted by Crippen LogP contribution is -2.24. The fourth-order valence-corrected chi connectivity index (χ4v) is 1.86. The third-order valence-corrected chi connectivity index (χ3v) is 2.87. The number of carbonyl (C=O) groups is 1. The number of nitrogens with one attached hydrogen (secondary N) is 1. The molecule has 100 valence electrons. The van der Waals surface area contributed by atoms with Crippen molar-refractivity contribution in [3.63, 3.8) is 0 Å². The van der Waals surface area contributed by atoms with Crippen LogP contribution in [0, 0.1) is 6.92 Å². The van der Waals surface area contributed by atoms with Gasteiger partial charge in [-0.3, -0.25) is 9.63 Å². The van der Waals surface area contributed by atoms with Crippen molar-refractivity contribution in [2.75, 3.05) is 7.11 Å². The van der Waals surface area contributed by atoms with Crippen molar-refractivity contribution in [2.45, 2.75) is 13.3 Å². The molecule has 5 nitrogen and oxygen atoms in total. The average molecular weight is 281 g/mol. The Labute approximate surface area is 115 Å². The van der Waals surface area contributed by atoms with E-state index in [1.54, 1.807) is 13.0 Å². The summed E-state index contributed by atoms with van der Waals surface area (Å²) in [6.07, 6.45) is 0.0909. The van der Waals surface area contributed by atoms with Gasteiger partial charge in [0, 0.05) is 0 Å². The van der Waals surface area contributed by atoms with E-state index in [0.29, 0.717) is 27.9 Å². The summed E-state index contributed by atoms with van der Waals surface area (Å²) in [4.78, 5) is 20.3. The first-order chi connectivity index (χ1) is 9.11. The highest BCUT2D eigenvalue weighted by atomic mass is 35.5. The quantitative estimate of drug-likeness (QED) is 0.874. The number of aromatic nitrogens is 1. The molecule has 1 heterocycles. The van der Waals surface area contributed by atoms with Crippen molar-refractivity contribution in [1.29, 1.82) is 0 Å². The van der Waals surface area contributed by atoms with Crippen LogP contribution in [-0.4, -0.2) is 18.0 Å². The molecule has 0 aliphatic carbocycles. The second kappa shape index (κ2) is 5.86. The molecule has 0 fully saturated rings. The largest absolute Gasteiger partial charge is 0.441 e. The molecule has 19 heavy (non-hydrogen) atoms. The van der Waals surface area contributed by atoms with Crippen LogP contribution in [0.15, 0.2) is 28.7 Å². The lowest BCUT2D eigenvalue weighted by Gasteiger charge is -1.99. The van der Waals surface area contributed by atoms with Crippen molar-refractivity contribution in [3.05, 3.63) is 40.7 Å². The number of rotatable bonds is 4. The molecule has 2 rings (SSSR count). The molecule has 0 aliphatic heterocycles. The zero-order valence-electron chi connectivity index (χ0n) is 10.6. The van der Waals surface area contributed by atoms with Crippen LogP contribution in [0.1, 0.15) is 11.5 Å². The molecule has 1 amide bonds. The second-order valence-corrected chi connectivity index (χ2v) is 4.32. The van der Waals surface area contributed by atoms with E-state index in [0.717, 1.165) is 0 Å². The van der Waals surface area contributed by atoms with Crippen molar-refractivity contribution >= 4 is 17.5 Å². The maximum absolute atomic E-state index is 11.4. The molecule has 0 bridgehead atoms. The van der Waals surface area contributed by atoms with E-state index < -0.39 is 0 Å². The molecule has 0 atom stereocenters. The number of aryl methyl sites for hydroxylation is 1. The maximum Gasteiger partial charge on any atom is 0.249 e. The van der Waals surface area contributed by atoms with E-state index >= 15 is 0 Å². The first-order valence-corrected chi connectivity index (χ1v) is 6.02.